The lowest BCUT2D eigenvalue weighted by atomic mass is 10.1. The van der Waals surface area contributed by atoms with Crippen LogP contribution >= 0.6 is 11.8 Å². The second kappa shape index (κ2) is 6.09. The first kappa shape index (κ1) is 13.2. The lowest BCUT2D eigenvalue weighted by molar-refractivity contribution is 0.0934. The Balaban J connectivity index is 2.05. The van der Waals surface area contributed by atoms with Crippen molar-refractivity contribution in [1.29, 1.82) is 0 Å². The molecule has 0 aliphatic carbocycles. The number of amides is 1. The van der Waals surface area contributed by atoms with Crippen molar-refractivity contribution in [1.82, 2.24) is 10.3 Å². The van der Waals surface area contributed by atoms with Gasteiger partial charge < -0.3 is 10.6 Å². The minimum absolute atomic E-state index is 0.00824. The number of carbonyl (C=O) groups excluding carboxylic acids is 1. The van der Waals surface area contributed by atoms with Crippen molar-refractivity contribution in [2.24, 2.45) is 0 Å². The highest BCUT2D eigenvalue weighted by Gasteiger charge is 2.17. The van der Waals surface area contributed by atoms with Crippen LogP contribution in [0.5, 0.6) is 0 Å². The molecule has 0 atom stereocenters. The van der Waals surface area contributed by atoms with Crippen molar-refractivity contribution in [3.05, 3.63) is 23.4 Å². The fraction of sp³-hybridized carbons (Fsp3) is 0.538. The van der Waals surface area contributed by atoms with E-state index in [9.17, 15) is 4.79 Å². The molecule has 1 aliphatic rings. The second-order valence-electron chi connectivity index (χ2n) is 4.49. The molecule has 1 saturated heterocycles. The minimum atomic E-state index is 0.00824. The fourth-order valence-electron chi connectivity index (χ4n) is 2.04. The summed E-state index contributed by atoms with van der Waals surface area (Å²) in [6.07, 6.45) is 2.14. The van der Waals surface area contributed by atoms with Crippen molar-refractivity contribution in [3.8, 4) is 0 Å². The molecular weight excluding hydrogens is 246 g/mol. The van der Waals surface area contributed by atoms with Gasteiger partial charge in [0.05, 0.1) is 0 Å². The average Bonchev–Trinajstić information content (AvgIpc) is 2.39. The van der Waals surface area contributed by atoms with Gasteiger partial charge in [0.1, 0.15) is 5.82 Å². The van der Waals surface area contributed by atoms with Gasteiger partial charge in [-0.3, -0.25) is 4.79 Å². The van der Waals surface area contributed by atoms with Gasteiger partial charge in [-0.25, -0.2) is 4.98 Å². The number of rotatable bonds is 3. The molecule has 0 radical (unpaired) electrons. The molecule has 18 heavy (non-hydrogen) atoms. The van der Waals surface area contributed by atoms with Gasteiger partial charge in [0.25, 0.3) is 5.91 Å². The smallest absolute Gasteiger partial charge is 0.251 e. The zero-order valence-electron chi connectivity index (χ0n) is 10.8. The summed E-state index contributed by atoms with van der Waals surface area (Å²) in [5.41, 5.74) is 1.54. The summed E-state index contributed by atoms with van der Waals surface area (Å²) in [7, 11) is 1.81. The zero-order chi connectivity index (χ0) is 13.0. The topological polar surface area (TPSA) is 54.0 Å². The van der Waals surface area contributed by atoms with Gasteiger partial charge in [-0.1, -0.05) is 0 Å². The van der Waals surface area contributed by atoms with Crippen LogP contribution in [0.2, 0.25) is 0 Å². The Morgan fingerprint density at radius 2 is 2.11 bits per heavy atom. The summed E-state index contributed by atoms with van der Waals surface area (Å²) in [5.74, 6) is 3.03. The maximum atomic E-state index is 12.2. The monoisotopic (exact) mass is 265 g/mol. The first-order valence-corrected chi connectivity index (χ1v) is 7.39. The number of hydrogen-bond acceptors (Lipinski definition) is 4. The van der Waals surface area contributed by atoms with Crippen molar-refractivity contribution in [2.75, 3.05) is 23.9 Å². The van der Waals surface area contributed by atoms with E-state index < -0.39 is 0 Å². The number of thioether (sulfide) groups is 1. The molecule has 0 saturated carbocycles. The quantitative estimate of drug-likeness (QED) is 0.878. The number of anilines is 1. The van der Waals surface area contributed by atoms with E-state index in [1.165, 1.54) is 0 Å². The molecule has 1 amide bonds. The van der Waals surface area contributed by atoms with Crippen LogP contribution in [0.4, 0.5) is 5.82 Å². The predicted molar refractivity (Wildman–Crippen MR) is 76.3 cm³/mol. The average molecular weight is 265 g/mol. The van der Waals surface area contributed by atoms with Crippen molar-refractivity contribution in [3.63, 3.8) is 0 Å². The Hall–Kier alpha value is -1.23. The van der Waals surface area contributed by atoms with E-state index >= 15 is 0 Å². The third kappa shape index (κ3) is 3.38. The Kier molecular flexibility index (Phi) is 4.47. The zero-order valence-corrected chi connectivity index (χ0v) is 11.6. The fourth-order valence-corrected chi connectivity index (χ4v) is 3.14. The van der Waals surface area contributed by atoms with Gasteiger partial charge in [0.2, 0.25) is 0 Å². The molecule has 0 aromatic carbocycles. The van der Waals surface area contributed by atoms with Gasteiger partial charge in [0, 0.05) is 24.3 Å². The third-order valence-electron chi connectivity index (χ3n) is 3.03. The standard InChI is InChI=1S/C13H19N3OS/c1-9-7-10(8-12(14-2)15-9)13(17)16-11-3-5-18-6-4-11/h7-8,11H,3-6H2,1-2H3,(H,14,15)(H,16,17). The molecular formula is C13H19N3OS. The summed E-state index contributed by atoms with van der Waals surface area (Å²) in [5, 5.41) is 6.08. The molecule has 4 nitrogen and oxygen atoms in total. The SMILES string of the molecule is CNc1cc(C(=O)NC2CCSCC2)cc(C)n1. The molecule has 0 spiro atoms. The number of carbonyl (C=O) groups is 1. The van der Waals surface area contributed by atoms with Crippen LogP contribution in [0.3, 0.4) is 0 Å². The van der Waals surface area contributed by atoms with Crippen LogP contribution in [0.1, 0.15) is 28.9 Å². The Morgan fingerprint density at radius 1 is 1.39 bits per heavy atom. The molecule has 0 bridgehead atoms. The summed E-state index contributed by atoms with van der Waals surface area (Å²) in [6.45, 7) is 1.90. The van der Waals surface area contributed by atoms with Gasteiger partial charge in [-0.05, 0) is 43.4 Å². The normalized spacial score (nSPS) is 16.3. The number of aryl methyl sites for hydroxylation is 1. The maximum absolute atomic E-state index is 12.2. The van der Waals surface area contributed by atoms with Crippen LogP contribution < -0.4 is 10.6 Å². The minimum Gasteiger partial charge on any atom is -0.373 e. The Labute approximate surface area is 112 Å². The van der Waals surface area contributed by atoms with E-state index in [4.69, 9.17) is 0 Å². The molecule has 5 heteroatoms. The third-order valence-corrected chi connectivity index (χ3v) is 4.08. The summed E-state index contributed by atoms with van der Waals surface area (Å²) in [4.78, 5) is 16.4. The molecule has 1 aliphatic heterocycles. The summed E-state index contributed by atoms with van der Waals surface area (Å²) in [6, 6.07) is 3.94. The lowest BCUT2D eigenvalue weighted by Crippen LogP contribution is -2.37. The van der Waals surface area contributed by atoms with E-state index in [0.717, 1.165) is 35.9 Å². The first-order valence-electron chi connectivity index (χ1n) is 6.24. The molecule has 2 N–H and O–H groups in total. The van der Waals surface area contributed by atoms with Crippen LogP contribution in [0.25, 0.3) is 0 Å². The molecule has 1 aromatic rings. The van der Waals surface area contributed by atoms with Crippen molar-refractivity contribution >= 4 is 23.5 Å². The molecule has 1 aromatic heterocycles. The second-order valence-corrected chi connectivity index (χ2v) is 5.72. The van der Waals surface area contributed by atoms with Gasteiger partial charge in [0.15, 0.2) is 0 Å². The van der Waals surface area contributed by atoms with Gasteiger partial charge in [-0.15, -0.1) is 0 Å². The highest BCUT2D eigenvalue weighted by atomic mass is 32.2. The van der Waals surface area contributed by atoms with E-state index in [0.29, 0.717) is 11.6 Å². The van der Waals surface area contributed by atoms with Crippen LogP contribution in [-0.4, -0.2) is 35.5 Å². The number of pyridine rings is 1. The Morgan fingerprint density at radius 3 is 2.78 bits per heavy atom. The number of hydrogen-bond donors (Lipinski definition) is 2. The first-order chi connectivity index (χ1) is 8.69. The van der Waals surface area contributed by atoms with Crippen LogP contribution in [0, 0.1) is 6.92 Å². The van der Waals surface area contributed by atoms with Crippen molar-refractivity contribution < 1.29 is 4.79 Å². The number of nitrogens with one attached hydrogen (secondary N) is 2. The Bertz CT molecular complexity index is 430. The van der Waals surface area contributed by atoms with Gasteiger partial charge >= 0.3 is 0 Å². The van der Waals surface area contributed by atoms with E-state index in [-0.39, 0.29) is 5.91 Å². The maximum Gasteiger partial charge on any atom is 0.251 e. The number of aromatic nitrogens is 1. The van der Waals surface area contributed by atoms with E-state index in [2.05, 4.69) is 15.6 Å². The van der Waals surface area contributed by atoms with Crippen molar-refractivity contribution in [2.45, 2.75) is 25.8 Å². The summed E-state index contributed by atoms with van der Waals surface area (Å²) >= 11 is 1.96. The lowest BCUT2D eigenvalue weighted by Gasteiger charge is -2.22. The highest BCUT2D eigenvalue weighted by Crippen LogP contribution is 2.18. The van der Waals surface area contributed by atoms with E-state index in [1.807, 2.05) is 31.8 Å². The molecule has 2 heterocycles. The van der Waals surface area contributed by atoms with Crippen LogP contribution in [-0.2, 0) is 0 Å². The molecule has 1 fully saturated rings. The summed E-state index contributed by atoms with van der Waals surface area (Å²) < 4.78 is 0. The van der Waals surface area contributed by atoms with Gasteiger partial charge in [-0.2, -0.15) is 11.8 Å². The predicted octanol–water partition coefficient (Wildman–Crippen LogP) is 2.06. The van der Waals surface area contributed by atoms with E-state index in [1.54, 1.807) is 6.07 Å². The molecule has 0 unspecified atom stereocenters. The largest absolute Gasteiger partial charge is 0.373 e. The molecule has 98 valence electrons. The molecule has 2 rings (SSSR count). The van der Waals surface area contributed by atoms with Crippen LogP contribution in [0.15, 0.2) is 12.1 Å². The number of nitrogens with zero attached hydrogens (tertiary/aromatic N) is 1. The highest BCUT2D eigenvalue weighted by molar-refractivity contribution is 7.99.